The Morgan fingerprint density at radius 1 is 1.00 bits per heavy atom. The monoisotopic (exact) mass is 481 g/mol. The summed E-state index contributed by atoms with van der Waals surface area (Å²) in [4.78, 5) is 21.2. The molecule has 34 heavy (non-hydrogen) atoms. The quantitative estimate of drug-likeness (QED) is 0.456. The maximum Gasteiger partial charge on any atom is 0.573 e. The number of aromatic nitrogens is 2. The number of nitrogens with one attached hydrogen (secondary N) is 1. The van der Waals surface area contributed by atoms with Crippen molar-refractivity contribution in [2.75, 3.05) is 6.54 Å². The van der Waals surface area contributed by atoms with Gasteiger partial charge in [-0.1, -0.05) is 24.3 Å². The third-order valence-corrected chi connectivity index (χ3v) is 4.44. The summed E-state index contributed by atoms with van der Waals surface area (Å²) >= 11 is 0. The van der Waals surface area contributed by atoms with Crippen LogP contribution in [-0.2, 0) is 0 Å². The molecule has 0 aliphatic heterocycles. The van der Waals surface area contributed by atoms with Crippen molar-refractivity contribution >= 4 is 5.91 Å². The molecule has 1 heterocycles. The normalized spacial score (nSPS) is 12.0. The van der Waals surface area contributed by atoms with Crippen LogP contribution in [0.4, 0.5) is 22.0 Å². The van der Waals surface area contributed by atoms with Crippen LogP contribution in [0.2, 0.25) is 0 Å². The first kappa shape index (κ1) is 25.0. The van der Waals surface area contributed by atoms with Crippen LogP contribution in [0.25, 0.3) is 22.6 Å². The maximum atomic E-state index is 12.9. The van der Waals surface area contributed by atoms with Gasteiger partial charge in [0.1, 0.15) is 11.4 Å². The highest BCUT2D eigenvalue weighted by Gasteiger charge is 2.31. The zero-order valence-electron chi connectivity index (χ0n) is 18.0. The Bertz CT molecular complexity index is 1140. The van der Waals surface area contributed by atoms with Crippen molar-refractivity contribution in [3.05, 3.63) is 65.9 Å². The summed E-state index contributed by atoms with van der Waals surface area (Å²) < 4.78 is 66.9. The van der Waals surface area contributed by atoms with Gasteiger partial charge in [-0.2, -0.15) is 0 Å². The van der Waals surface area contributed by atoms with Crippen molar-refractivity contribution in [2.45, 2.75) is 32.2 Å². The number of alkyl halides is 5. The molecular formula is C23H20F5N3O3. The van der Waals surface area contributed by atoms with Crippen LogP contribution in [0.15, 0.2) is 54.6 Å². The molecule has 11 heteroatoms. The van der Waals surface area contributed by atoms with E-state index >= 15 is 0 Å². The molecule has 0 spiro atoms. The molecule has 1 aromatic heterocycles. The van der Waals surface area contributed by atoms with Crippen molar-refractivity contribution in [1.82, 2.24) is 15.3 Å². The SMILES string of the molecule is CC(C)(O)CNC(=O)c1cc(-c2ccc(OC(F)(F)F)cc2)nc(-c2ccc(C(F)F)cc2)n1. The second-order valence-corrected chi connectivity index (χ2v) is 7.95. The van der Waals surface area contributed by atoms with Crippen molar-refractivity contribution < 1.29 is 36.6 Å². The molecule has 0 saturated heterocycles. The molecule has 0 aliphatic carbocycles. The minimum atomic E-state index is -4.85. The highest BCUT2D eigenvalue weighted by Crippen LogP contribution is 2.28. The van der Waals surface area contributed by atoms with Crippen LogP contribution < -0.4 is 10.1 Å². The molecule has 0 saturated carbocycles. The summed E-state index contributed by atoms with van der Waals surface area (Å²) in [6, 6.07) is 11.3. The van der Waals surface area contributed by atoms with E-state index in [1.165, 1.54) is 56.3 Å². The molecule has 2 N–H and O–H groups in total. The van der Waals surface area contributed by atoms with Gasteiger partial charge in [0.25, 0.3) is 12.3 Å². The Morgan fingerprint density at radius 2 is 1.59 bits per heavy atom. The largest absolute Gasteiger partial charge is 0.573 e. The van der Waals surface area contributed by atoms with Crippen LogP contribution in [0.5, 0.6) is 5.75 Å². The van der Waals surface area contributed by atoms with Crippen LogP contribution in [-0.4, -0.2) is 39.5 Å². The zero-order chi connectivity index (χ0) is 25.1. The van der Waals surface area contributed by atoms with Gasteiger partial charge in [0, 0.05) is 23.2 Å². The number of carbonyl (C=O) groups is 1. The van der Waals surface area contributed by atoms with Gasteiger partial charge in [-0.3, -0.25) is 4.79 Å². The number of nitrogens with zero attached hydrogens (tertiary/aromatic N) is 2. The second kappa shape index (κ2) is 9.72. The Balaban J connectivity index is 2.01. The van der Waals surface area contributed by atoms with Gasteiger partial charge in [-0.05, 0) is 44.2 Å². The number of amides is 1. The number of aliphatic hydroxyl groups is 1. The fourth-order valence-corrected chi connectivity index (χ4v) is 2.83. The fraction of sp³-hybridized carbons (Fsp3) is 0.261. The van der Waals surface area contributed by atoms with Gasteiger partial charge >= 0.3 is 6.36 Å². The van der Waals surface area contributed by atoms with Crippen LogP contribution in [0.1, 0.15) is 36.3 Å². The summed E-state index contributed by atoms with van der Waals surface area (Å²) in [5, 5.41) is 12.4. The first-order chi connectivity index (χ1) is 15.8. The van der Waals surface area contributed by atoms with Gasteiger partial charge < -0.3 is 15.2 Å². The lowest BCUT2D eigenvalue weighted by molar-refractivity contribution is -0.274. The summed E-state index contributed by atoms with van der Waals surface area (Å²) in [6.45, 7) is 2.92. The lowest BCUT2D eigenvalue weighted by Crippen LogP contribution is -2.38. The highest BCUT2D eigenvalue weighted by atomic mass is 19.4. The van der Waals surface area contributed by atoms with E-state index in [1.54, 1.807) is 0 Å². The maximum absolute atomic E-state index is 12.9. The van der Waals surface area contributed by atoms with E-state index < -0.39 is 30.0 Å². The van der Waals surface area contributed by atoms with E-state index in [0.29, 0.717) is 11.1 Å². The Morgan fingerprint density at radius 3 is 2.12 bits per heavy atom. The molecule has 0 unspecified atom stereocenters. The number of hydrogen-bond donors (Lipinski definition) is 2. The average molecular weight is 481 g/mol. The Labute approximate surface area is 191 Å². The number of halogens is 5. The molecule has 2 aromatic carbocycles. The smallest absolute Gasteiger partial charge is 0.406 e. The molecule has 0 atom stereocenters. The number of benzene rings is 2. The molecule has 180 valence electrons. The van der Waals surface area contributed by atoms with E-state index in [-0.39, 0.29) is 29.3 Å². The summed E-state index contributed by atoms with van der Waals surface area (Å²) in [5.41, 5.74) is -0.567. The van der Waals surface area contributed by atoms with E-state index in [2.05, 4.69) is 20.0 Å². The van der Waals surface area contributed by atoms with Crippen LogP contribution in [0.3, 0.4) is 0 Å². The molecule has 3 aromatic rings. The molecule has 0 bridgehead atoms. The summed E-state index contributed by atoms with van der Waals surface area (Å²) in [5.74, 6) is -1.02. The second-order valence-electron chi connectivity index (χ2n) is 7.95. The van der Waals surface area contributed by atoms with E-state index in [9.17, 15) is 31.9 Å². The van der Waals surface area contributed by atoms with E-state index in [0.717, 1.165) is 12.1 Å². The fourth-order valence-electron chi connectivity index (χ4n) is 2.83. The first-order valence-corrected chi connectivity index (χ1v) is 9.95. The molecule has 1 amide bonds. The van der Waals surface area contributed by atoms with Crippen molar-refractivity contribution in [2.24, 2.45) is 0 Å². The van der Waals surface area contributed by atoms with Crippen LogP contribution >= 0.6 is 0 Å². The van der Waals surface area contributed by atoms with Gasteiger partial charge in [0.05, 0.1) is 11.3 Å². The van der Waals surface area contributed by atoms with Crippen LogP contribution in [0, 0.1) is 0 Å². The number of rotatable bonds is 7. The number of hydrogen-bond acceptors (Lipinski definition) is 5. The Kier molecular flexibility index (Phi) is 7.15. The third-order valence-electron chi connectivity index (χ3n) is 4.44. The standard InChI is InChI=1S/C23H20F5N3O3/c1-22(2,33)12-29-21(32)18-11-17(13-7-9-16(10-8-13)34-23(26,27)28)30-20(31-18)15-5-3-14(4-6-15)19(24)25/h3-11,19,33H,12H2,1-2H3,(H,29,32). The van der Waals surface area contributed by atoms with Gasteiger partial charge in [-0.25, -0.2) is 18.7 Å². The number of carbonyl (C=O) groups excluding carboxylic acids is 1. The van der Waals surface area contributed by atoms with Gasteiger partial charge in [0.15, 0.2) is 5.82 Å². The first-order valence-electron chi connectivity index (χ1n) is 9.95. The Hall–Kier alpha value is -3.60. The van der Waals surface area contributed by atoms with E-state index in [1.807, 2.05) is 0 Å². The molecule has 0 aliphatic rings. The number of ether oxygens (including phenoxy) is 1. The molecule has 6 nitrogen and oxygen atoms in total. The van der Waals surface area contributed by atoms with Crippen molar-refractivity contribution in [3.63, 3.8) is 0 Å². The lowest BCUT2D eigenvalue weighted by atomic mass is 10.1. The molecule has 0 fully saturated rings. The van der Waals surface area contributed by atoms with Crippen molar-refractivity contribution in [1.29, 1.82) is 0 Å². The lowest BCUT2D eigenvalue weighted by Gasteiger charge is -2.17. The summed E-state index contributed by atoms with van der Waals surface area (Å²) in [6.07, 6.45) is -7.51. The molecular weight excluding hydrogens is 461 g/mol. The zero-order valence-corrected chi connectivity index (χ0v) is 18.0. The topological polar surface area (TPSA) is 84.3 Å². The van der Waals surface area contributed by atoms with Crippen molar-refractivity contribution in [3.8, 4) is 28.4 Å². The van der Waals surface area contributed by atoms with Gasteiger partial charge in [-0.15, -0.1) is 13.2 Å². The predicted molar refractivity (Wildman–Crippen MR) is 113 cm³/mol. The molecule has 0 radical (unpaired) electrons. The molecule has 3 rings (SSSR count). The average Bonchev–Trinajstić information content (AvgIpc) is 2.76. The third kappa shape index (κ3) is 6.95. The minimum Gasteiger partial charge on any atom is -0.406 e. The summed E-state index contributed by atoms with van der Waals surface area (Å²) in [7, 11) is 0. The van der Waals surface area contributed by atoms with Gasteiger partial charge in [0.2, 0.25) is 0 Å². The predicted octanol–water partition coefficient (Wildman–Crippen LogP) is 5.15. The van der Waals surface area contributed by atoms with E-state index in [4.69, 9.17) is 0 Å². The minimum absolute atomic E-state index is 0.0438. The highest BCUT2D eigenvalue weighted by molar-refractivity contribution is 5.93.